The number of benzene rings is 1. The first kappa shape index (κ1) is 14.3. The second kappa shape index (κ2) is 6.08. The van der Waals surface area contributed by atoms with Crippen molar-refractivity contribution in [1.82, 2.24) is 19.6 Å². The molecule has 0 radical (unpaired) electrons. The smallest absolute Gasteiger partial charge is 0.154 e. The highest BCUT2D eigenvalue weighted by Gasteiger charge is 2.07. The molecule has 0 bridgehead atoms. The van der Waals surface area contributed by atoms with Crippen LogP contribution >= 0.6 is 0 Å². The van der Waals surface area contributed by atoms with Gasteiger partial charge in [0.15, 0.2) is 5.65 Å². The van der Waals surface area contributed by atoms with Gasteiger partial charge in [0.05, 0.1) is 11.9 Å². The molecule has 118 valence electrons. The first-order chi connectivity index (χ1) is 11.8. The van der Waals surface area contributed by atoms with E-state index in [0.29, 0.717) is 12.4 Å². The largest absolute Gasteiger partial charge is 0.365 e. The number of rotatable bonds is 4. The lowest BCUT2D eigenvalue weighted by molar-refractivity contribution is 0.626. The van der Waals surface area contributed by atoms with Gasteiger partial charge in [-0.3, -0.25) is 4.98 Å². The monoisotopic (exact) mass is 319 g/mol. The third-order valence-electron chi connectivity index (χ3n) is 3.70. The summed E-state index contributed by atoms with van der Waals surface area (Å²) < 4.78 is 15.0. The molecular formula is C18H14FN5. The van der Waals surface area contributed by atoms with E-state index in [4.69, 9.17) is 0 Å². The minimum absolute atomic E-state index is 0.243. The Morgan fingerprint density at radius 1 is 1.04 bits per heavy atom. The lowest BCUT2D eigenvalue weighted by atomic mass is 10.2. The summed E-state index contributed by atoms with van der Waals surface area (Å²) in [4.78, 5) is 8.40. The molecule has 0 aliphatic carbocycles. The van der Waals surface area contributed by atoms with Gasteiger partial charge in [-0.05, 0) is 42.0 Å². The van der Waals surface area contributed by atoms with Crippen LogP contribution in [0.1, 0.15) is 5.56 Å². The molecule has 3 heterocycles. The summed E-state index contributed by atoms with van der Waals surface area (Å²) in [5, 5.41) is 7.79. The summed E-state index contributed by atoms with van der Waals surface area (Å²) in [7, 11) is 0. The van der Waals surface area contributed by atoms with Gasteiger partial charge >= 0.3 is 0 Å². The Morgan fingerprint density at radius 2 is 1.92 bits per heavy atom. The van der Waals surface area contributed by atoms with Gasteiger partial charge in [0.2, 0.25) is 0 Å². The maximum absolute atomic E-state index is 13.2. The Kier molecular flexibility index (Phi) is 3.63. The first-order valence-electron chi connectivity index (χ1n) is 7.53. The van der Waals surface area contributed by atoms with Gasteiger partial charge in [-0.2, -0.15) is 0 Å². The number of nitrogens with one attached hydrogen (secondary N) is 1. The standard InChI is InChI=1S/C18H14FN5/c19-15-3-1-2-13(10-15)11-21-17-4-5-18-22-12-16(24(18)23-17)14-6-8-20-9-7-14/h1-10,12H,11H2,(H,21,23). The van der Waals surface area contributed by atoms with Crippen molar-refractivity contribution in [2.24, 2.45) is 0 Å². The molecule has 0 amide bonds. The van der Waals surface area contributed by atoms with E-state index in [-0.39, 0.29) is 5.82 Å². The highest BCUT2D eigenvalue weighted by Crippen LogP contribution is 2.20. The van der Waals surface area contributed by atoms with E-state index in [9.17, 15) is 4.39 Å². The predicted octanol–water partition coefficient (Wildman–Crippen LogP) is 3.54. The Balaban J connectivity index is 1.63. The van der Waals surface area contributed by atoms with Gasteiger partial charge in [-0.1, -0.05) is 12.1 Å². The number of fused-ring (bicyclic) bond motifs is 1. The van der Waals surface area contributed by atoms with Crippen molar-refractivity contribution in [2.75, 3.05) is 5.32 Å². The molecule has 1 N–H and O–H groups in total. The second-order valence-electron chi connectivity index (χ2n) is 5.35. The van der Waals surface area contributed by atoms with Gasteiger partial charge in [0.1, 0.15) is 11.6 Å². The van der Waals surface area contributed by atoms with Crippen LogP contribution in [0.25, 0.3) is 16.9 Å². The molecule has 3 aromatic heterocycles. The van der Waals surface area contributed by atoms with E-state index >= 15 is 0 Å². The third-order valence-corrected chi connectivity index (χ3v) is 3.70. The zero-order chi connectivity index (χ0) is 16.4. The Bertz CT molecular complexity index is 981. The zero-order valence-electron chi connectivity index (χ0n) is 12.7. The van der Waals surface area contributed by atoms with Crippen LogP contribution in [0, 0.1) is 5.82 Å². The fourth-order valence-corrected chi connectivity index (χ4v) is 2.53. The van der Waals surface area contributed by atoms with Crippen LogP contribution in [0.5, 0.6) is 0 Å². The molecule has 5 nitrogen and oxygen atoms in total. The molecule has 0 spiro atoms. The van der Waals surface area contributed by atoms with Crippen molar-refractivity contribution in [2.45, 2.75) is 6.54 Å². The maximum Gasteiger partial charge on any atom is 0.154 e. The lowest BCUT2D eigenvalue weighted by Crippen LogP contribution is -2.04. The Labute approximate surface area is 137 Å². The Hall–Kier alpha value is -3.28. The molecule has 24 heavy (non-hydrogen) atoms. The Morgan fingerprint density at radius 3 is 2.75 bits per heavy atom. The van der Waals surface area contributed by atoms with Crippen molar-refractivity contribution >= 4 is 11.5 Å². The summed E-state index contributed by atoms with van der Waals surface area (Å²) in [5.41, 5.74) is 3.50. The van der Waals surface area contributed by atoms with Crippen molar-refractivity contribution in [1.29, 1.82) is 0 Å². The van der Waals surface area contributed by atoms with E-state index < -0.39 is 0 Å². The molecule has 0 fully saturated rings. The highest BCUT2D eigenvalue weighted by molar-refractivity contribution is 5.63. The fraction of sp³-hybridized carbons (Fsp3) is 0.0556. The summed E-state index contributed by atoms with van der Waals surface area (Å²) >= 11 is 0. The lowest BCUT2D eigenvalue weighted by Gasteiger charge is -2.07. The SMILES string of the molecule is Fc1cccc(CNc2ccc3ncc(-c4ccncc4)n3n2)c1. The van der Waals surface area contributed by atoms with Crippen molar-refractivity contribution < 1.29 is 4.39 Å². The van der Waals surface area contributed by atoms with Gasteiger partial charge in [-0.25, -0.2) is 13.9 Å². The summed E-state index contributed by atoms with van der Waals surface area (Å²) in [6.45, 7) is 0.496. The van der Waals surface area contributed by atoms with Crippen molar-refractivity contribution in [3.63, 3.8) is 0 Å². The number of hydrogen-bond donors (Lipinski definition) is 1. The van der Waals surface area contributed by atoms with Crippen molar-refractivity contribution in [3.05, 3.63) is 78.5 Å². The number of pyridine rings is 1. The predicted molar refractivity (Wildman–Crippen MR) is 89.9 cm³/mol. The van der Waals surface area contributed by atoms with Gasteiger partial charge in [-0.15, -0.1) is 5.10 Å². The normalized spacial score (nSPS) is 10.9. The van der Waals surface area contributed by atoms with Gasteiger partial charge < -0.3 is 5.32 Å². The van der Waals surface area contributed by atoms with Crippen LogP contribution in [0.3, 0.4) is 0 Å². The summed E-state index contributed by atoms with van der Waals surface area (Å²) in [6.07, 6.45) is 5.26. The highest BCUT2D eigenvalue weighted by atomic mass is 19.1. The molecule has 0 aliphatic heterocycles. The van der Waals surface area contributed by atoms with E-state index in [0.717, 1.165) is 22.5 Å². The topological polar surface area (TPSA) is 55.1 Å². The van der Waals surface area contributed by atoms with E-state index in [1.807, 2.05) is 30.3 Å². The molecule has 0 unspecified atom stereocenters. The van der Waals surface area contributed by atoms with Crippen LogP contribution in [0.2, 0.25) is 0 Å². The molecule has 0 atom stereocenters. The molecule has 4 rings (SSSR count). The number of nitrogens with zero attached hydrogens (tertiary/aromatic N) is 4. The zero-order valence-corrected chi connectivity index (χ0v) is 12.7. The van der Waals surface area contributed by atoms with Gasteiger partial charge in [0.25, 0.3) is 0 Å². The second-order valence-corrected chi connectivity index (χ2v) is 5.35. The van der Waals surface area contributed by atoms with Crippen LogP contribution in [-0.2, 0) is 6.54 Å². The molecule has 0 aliphatic rings. The molecule has 4 aromatic rings. The first-order valence-corrected chi connectivity index (χ1v) is 7.53. The van der Waals surface area contributed by atoms with Crippen LogP contribution in [0.15, 0.2) is 67.1 Å². The number of hydrogen-bond acceptors (Lipinski definition) is 4. The number of anilines is 1. The molecule has 6 heteroatoms. The number of imidazole rings is 1. The summed E-state index contributed by atoms with van der Waals surface area (Å²) in [5.74, 6) is 0.451. The minimum atomic E-state index is -0.243. The molecule has 0 saturated carbocycles. The quantitative estimate of drug-likeness (QED) is 0.625. The third kappa shape index (κ3) is 2.81. The summed E-state index contributed by atoms with van der Waals surface area (Å²) in [6, 6.07) is 14.1. The maximum atomic E-state index is 13.2. The molecule has 0 saturated heterocycles. The van der Waals surface area contributed by atoms with E-state index in [1.54, 1.807) is 29.2 Å². The average Bonchev–Trinajstić information content (AvgIpc) is 3.04. The van der Waals surface area contributed by atoms with Crippen LogP contribution < -0.4 is 5.32 Å². The fourth-order valence-electron chi connectivity index (χ4n) is 2.53. The minimum Gasteiger partial charge on any atom is -0.365 e. The number of aromatic nitrogens is 4. The molecular weight excluding hydrogens is 305 g/mol. The van der Waals surface area contributed by atoms with Crippen LogP contribution in [-0.4, -0.2) is 19.6 Å². The van der Waals surface area contributed by atoms with Crippen LogP contribution in [0.4, 0.5) is 10.2 Å². The van der Waals surface area contributed by atoms with Crippen molar-refractivity contribution in [3.8, 4) is 11.3 Å². The number of halogens is 1. The van der Waals surface area contributed by atoms with Gasteiger partial charge in [0, 0.05) is 24.5 Å². The van der Waals surface area contributed by atoms with E-state index in [1.165, 1.54) is 12.1 Å². The van der Waals surface area contributed by atoms with E-state index in [2.05, 4.69) is 20.4 Å². The average molecular weight is 319 g/mol. The molecule has 1 aromatic carbocycles.